The van der Waals surface area contributed by atoms with Crippen LogP contribution in [0.5, 0.6) is 0 Å². The first-order chi connectivity index (χ1) is 15.8. The van der Waals surface area contributed by atoms with Crippen LogP contribution in [-0.2, 0) is 16.7 Å². The van der Waals surface area contributed by atoms with Crippen molar-refractivity contribution in [2.45, 2.75) is 45.8 Å². The average Bonchev–Trinajstić information content (AvgIpc) is 2.78. The monoisotopic (exact) mass is 442 g/mol. The van der Waals surface area contributed by atoms with Gasteiger partial charge in [-0.25, -0.2) is 4.79 Å². The van der Waals surface area contributed by atoms with Crippen LogP contribution in [0.15, 0.2) is 76.1 Å². The summed E-state index contributed by atoms with van der Waals surface area (Å²) in [6.45, 7) is 7.90. The number of aromatic amines is 1. The zero-order valence-corrected chi connectivity index (χ0v) is 19.5. The maximum atomic E-state index is 12.2. The lowest BCUT2D eigenvalue weighted by molar-refractivity contribution is 0.0378. The standard InChI is InChI=1S/C28H30N2O3/c1-5-23-21-12-11-19(4)28(23,24-13-14-26(31)30-25(24)17-21)29-15-7-9-20-8-6-10-22(16-20)27(32)33-18(2)3/h5-16,18-19,21H,17H2,1-4H3,(H,30,31)/b9-7+,23-5+,29-15?. The molecule has 0 aliphatic heterocycles. The lowest BCUT2D eigenvalue weighted by Gasteiger charge is -2.47. The summed E-state index contributed by atoms with van der Waals surface area (Å²) in [5.74, 6) is 0.0393. The minimum atomic E-state index is -0.542. The normalized spacial score (nSPS) is 25.2. The van der Waals surface area contributed by atoms with E-state index in [0.29, 0.717) is 5.56 Å². The summed E-state index contributed by atoms with van der Waals surface area (Å²) < 4.78 is 5.29. The van der Waals surface area contributed by atoms with Crippen molar-refractivity contribution < 1.29 is 9.53 Å². The highest BCUT2D eigenvalue weighted by Gasteiger charge is 2.48. The molecule has 2 aliphatic rings. The first kappa shape index (κ1) is 22.7. The summed E-state index contributed by atoms with van der Waals surface area (Å²) in [6, 6.07) is 10.9. The number of benzene rings is 1. The van der Waals surface area contributed by atoms with Crippen LogP contribution in [0.4, 0.5) is 0 Å². The van der Waals surface area contributed by atoms with E-state index < -0.39 is 5.54 Å². The van der Waals surface area contributed by atoms with Crippen LogP contribution < -0.4 is 5.56 Å². The topological polar surface area (TPSA) is 71.5 Å². The quantitative estimate of drug-likeness (QED) is 0.391. The van der Waals surface area contributed by atoms with Crippen LogP contribution >= 0.6 is 0 Å². The molecule has 3 unspecified atom stereocenters. The van der Waals surface area contributed by atoms with Crippen LogP contribution in [0.1, 0.15) is 54.9 Å². The number of nitrogens with one attached hydrogen (secondary N) is 1. The molecule has 5 heteroatoms. The molecular formula is C28H30N2O3. The van der Waals surface area contributed by atoms with E-state index in [9.17, 15) is 9.59 Å². The van der Waals surface area contributed by atoms with Crippen LogP contribution in [0.2, 0.25) is 0 Å². The number of aromatic nitrogens is 1. The number of H-pyrrole nitrogens is 1. The minimum absolute atomic E-state index is 0.0812. The minimum Gasteiger partial charge on any atom is -0.459 e. The molecule has 2 bridgehead atoms. The van der Waals surface area contributed by atoms with Crippen LogP contribution in [0, 0.1) is 11.8 Å². The number of nitrogens with zero attached hydrogens (tertiary/aromatic N) is 1. The van der Waals surface area contributed by atoms with Gasteiger partial charge < -0.3 is 9.72 Å². The van der Waals surface area contributed by atoms with Crippen molar-refractivity contribution in [3.05, 3.63) is 99.0 Å². The number of aliphatic imine (C=N–C) groups is 1. The SMILES string of the molecule is C/C=C1\C2C=CC(C)C1(N=C/C=C/c1cccc(C(=O)OC(C)C)c1)c1ccc(=O)[nH]c1C2. The molecule has 0 fully saturated rings. The number of esters is 1. The zero-order valence-electron chi connectivity index (χ0n) is 19.5. The predicted molar refractivity (Wildman–Crippen MR) is 133 cm³/mol. The van der Waals surface area contributed by atoms with Gasteiger partial charge in [-0.3, -0.25) is 9.79 Å². The second-order valence-electron chi connectivity index (χ2n) is 8.93. The van der Waals surface area contributed by atoms with E-state index in [1.165, 1.54) is 5.57 Å². The molecule has 1 N–H and O–H groups in total. The molecule has 2 aromatic rings. The zero-order chi connectivity index (χ0) is 23.6. The Balaban J connectivity index is 1.67. The van der Waals surface area contributed by atoms with Gasteiger partial charge in [0.15, 0.2) is 0 Å². The molecule has 0 spiro atoms. The molecule has 1 aromatic heterocycles. The summed E-state index contributed by atoms with van der Waals surface area (Å²) in [4.78, 5) is 32.3. The average molecular weight is 443 g/mol. The molecular weight excluding hydrogens is 412 g/mol. The second-order valence-corrected chi connectivity index (χ2v) is 8.93. The van der Waals surface area contributed by atoms with E-state index in [0.717, 1.165) is 23.2 Å². The Morgan fingerprint density at radius 2 is 2.06 bits per heavy atom. The van der Waals surface area contributed by atoms with Gasteiger partial charge in [0.25, 0.3) is 0 Å². The van der Waals surface area contributed by atoms with Gasteiger partial charge >= 0.3 is 5.97 Å². The fraction of sp³-hybridized carbons (Fsp3) is 0.321. The molecule has 5 nitrogen and oxygen atoms in total. The summed E-state index contributed by atoms with van der Waals surface area (Å²) >= 11 is 0. The fourth-order valence-corrected chi connectivity index (χ4v) is 4.99. The number of carbonyl (C=O) groups is 1. The summed E-state index contributed by atoms with van der Waals surface area (Å²) in [5.41, 5.74) is 4.09. The lowest BCUT2D eigenvalue weighted by atomic mass is 9.61. The Morgan fingerprint density at radius 1 is 1.24 bits per heavy atom. The van der Waals surface area contributed by atoms with E-state index in [-0.39, 0.29) is 29.5 Å². The molecule has 2 aliphatic carbocycles. The fourth-order valence-electron chi connectivity index (χ4n) is 4.99. The Bertz CT molecular complexity index is 1230. The van der Waals surface area contributed by atoms with E-state index in [1.807, 2.05) is 56.5 Å². The maximum absolute atomic E-state index is 12.2. The van der Waals surface area contributed by atoms with Crippen molar-refractivity contribution in [2.24, 2.45) is 16.8 Å². The van der Waals surface area contributed by atoms with Gasteiger partial charge in [0.1, 0.15) is 5.54 Å². The van der Waals surface area contributed by atoms with Crippen molar-refractivity contribution >= 4 is 18.3 Å². The van der Waals surface area contributed by atoms with E-state index >= 15 is 0 Å². The highest BCUT2D eigenvalue weighted by molar-refractivity contribution is 5.90. The predicted octanol–water partition coefficient (Wildman–Crippen LogP) is 5.24. The first-order valence-corrected chi connectivity index (χ1v) is 11.5. The molecule has 0 saturated heterocycles. The lowest BCUT2D eigenvalue weighted by Crippen LogP contribution is -2.44. The Morgan fingerprint density at radius 3 is 2.82 bits per heavy atom. The van der Waals surface area contributed by atoms with Crippen molar-refractivity contribution in [3.8, 4) is 0 Å². The number of hydrogen-bond acceptors (Lipinski definition) is 4. The number of rotatable bonds is 5. The van der Waals surface area contributed by atoms with Crippen molar-refractivity contribution in [2.75, 3.05) is 0 Å². The molecule has 170 valence electrons. The largest absolute Gasteiger partial charge is 0.459 e. The third-order valence-corrected chi connectivity index (χ3v) is 6.39. The third-order valence-electron chi connectivity index (χ3n) is 6.39. The second kappa shape index (κ2) is 9.18. The number of carbonyl (C=O) groups excluding carboxylic acids is 1. The summed E-state index contributed by atoms with van der Waals surface area (Å²) in [5, 5.41) is 0. The first-order valence-electron chi connectivity index (χ1n) is 11.5. The number of ether oxygens (including phenoxy) is 1. The van der Waals surface area contributed by atoms with E-state index in [4.69, 9.17) is 9.73 Å². The smallest absolute Gasteiger partial charge is 0.338 e. The van der Waals surface area contributed by atoms with Gasteiger partial charge in [-0.2, -0.15) is 0 Å². The van der Waals surface area contributed by atoms with Crippen molar-refractivity contribution in [1.29, 1.82) is 0 Å². The van der Waals surface area contributed by atoms with Gasteiger partial charge in [-0.15, -0.1) is 0 Å². The number of allylic oxidation sites excluding steroid dienone is 3. The maximum Gasteiger partial charge on any atom is 0.338 e. The van der Waals surface area contributed by atoms with Crippen LogP contribution in [-0.4, -0.2) is 23.3 Å². The Kier molecular flexibility index (Phi) is 6.32. The number of fused-ring (bicyclic) bond motifs is 4. The summed E-state index contributed by atoms with van der Waals surface area (Å²) in [7, 11) is 0. The molecule has 0 radical (unpaired) electrons. The Labute approximate surface area is 194 Å². The highest BCUT2D eigenvalue weighted by atomic mass is 16.5. The van der Waals surface area contributed by atoms with Crippen molar-refractivity contribution in [1.82, 2.24) is 4.98 Å². The van der Waals surface area contributed by atoms with E-state index in [2.05, 4.69) is 37.1 Å². The van der Waals surface area contributed by atoms with Gasteiger partial charge in [0.2, 0.25) is 5.56 Å². The number of hydrogen-bond donors (Lipinski definition) is 1. The van der Waals surface area contributed by atoms with E-state index in [1.54, 1.807) is 12.1 Å². The van der Waals surface area contributed by atoms with Crippen LogP contribution in [0.3, 0.4) is 0 Å². The molecule has 0 saturated carbocycles. The third kappa shape index (κ3) is 4.28. The Hall–Kier alpha value is -3.47. The molecule has 4 rings (SSSR count). The number of pyridine rings is 1. The molecule has 3 atom stereocenters. The molecule has 0 amide bonds. The van der Waals surface area contributed by atoms with Gasteiger partial charge in [-0.05, 0) is 62.6 Å². The highest BCUT2D eigenvalue weighted by Crippen LogP contribution is 2.52. The summed E-state index contributed by atoms with van der Waals surface area (Å²) in [6.07, 6.45) is 12.9. The van der Waals surface area contributed by atoms with Gasteiger partial charge in [0.05, 0.1) is 11.7 Å². The van der Waals surface area contributed by atoms with Crippen molar-refractivity contribution in [3.63, 3.8) is 0 Å². The van der Waals surface area contributed by atoms with Crippen LogP contribution in [0.25, 0.3) is 6.08 Å². The van der Waals surface area contributed by atoms with Gasteiger partial charge in [-0.1, -0.05) is 43.4 Å². The van der Waals surface area contributed by atoms with Gasteiger partial charge in [0, 0.05) is 35.4 Å². The molecule has 33 heavy (non-hydrogen) atoms. The molecule has 1 heterocycles. The molecule has 1 aromatic carbocycles.